The van der Waals surface area contributed by atoms with E-state index in [4.69, 9.17) is 9.52 Å². The van der Waals surface area contributed by atoms with Gasteiger partial charge in [0.15, 0.2) is 0 Å². The van der Waals surface area contributed by atoms with Crippen LogP contribution < -0.4 is 10.6 Å². The van der Waals surface area contributed by atoms with Crippen LogP contribution in [0.15, 0.2) is 16.5 Å². The van der Waals surface area contributed by atoms with Crippen molar-refractivity contribution >= 4 is 11.8 Å². The third kappa shape index (κ3) is 4.24. The minimum Gasteiger partial charge on any atom is -0.462 e. The van der Waals surface area contributed by atoms with Gasteiger partial charge in [-0.3, -0.25) is 14.5 Å². The molecule has 3 aliphatic rings. The molecule has 154 valence electrons. The molecular formula is C20H30N4O4. The number of nitrogens with one attached hydrogen (secondary N) is 2. The van der Waals surface area contributed by atoms with E-state index in [9.17, 15) is 9.59 Å². The lowest BCUT2D eigenvalue weighted by Crippen LogP contribution is -2.58. The molecule has 3 aliphatic heterocycles. The van der Waals surface area contributed by atoms with Gasteiger partial charge in [-0.1, -0.05) is 0 Å². The Kier molecular flexibility index (Phi) is 5.99. The van der Waals surface area contributed by atoms with E-state index < -0.39 is 0 Å². The summed E-state index contributed by atoms with van der Waals surface area (Å²) in [7, 11) is 0. The molecule has 3 atom stereocenters. The van der Waals surface area contributed by atoms with Gasteiger partial charge < -0.3 is 25.1 Å². The summed E-state index contributed by atoms with van der Waals surface area (Å²) in [5.41, 5.74) is 0. The second kappa shape index (κ2) is 8.63. The van der Waals surface area contributed by atoms with Crippen molar-refractivity contribution in [2.45, 2.75) is 63.4 Å². The summed E-state index contributed by atoms with van der Waals surface area (Å²) in [5.74, 6) is 1.68. The SMILES string of the molecule is O=C1NCC(CCC(=O)N2CCCC2)N2CC(NCc3ccc(CO)o3)CC12. The first kappa shape index (κ1) is 19.4. The number of aliphatic hydroxyl groups is 1. The number of furan rings is 1. The number of piperazine rings is 1. The number of hydrogen-bond donors (Lipinski definition) is 3. The zero-order valence-electron chi connectivity index (χ0n) is 16.2. The molecule has 28 heavy (non-hydrogen) atoms. The van der Waals surface area contributed by atoms with E-state index in [-0.39, 0.29) is 36.5 Å². The quantitative estimate of drug-likeness (QED) is 0.616. The predicted octanol–water partition coefficient (Wildman–Crippen LogP) is 0.205. The fourth-order valence-corrected chi connectivity index (χ4v) is 4.65. The van der Waals surface area contributed by atoms with Crippen molar-refractivity contribution in [2.24, 2.45) is 0 Å². The standard InChI is InChI=1S/C20H30N4O4/c25-13-17-5-4-16(28-17)11-21-14-9-18-20(27)22-10-15(24(18)12-14)3-6-19(26)23-7-1-2-8-23/h4-5,14-15,18,21,25H,1-3,6-13H2,(H,22,27). The lowest BCUT2D eigenvalue weighted by Gasteiger charge is -2.37. The number of likely N-dealkylation sites (tertiary alicyclic amines) is 1. The third-order valence-electron chi connectivity index (χ3n) is 6.21. The van der Waals surface area contributed by atoms with Crippen LogP contribution in [-0.2, 0) is 22.7 Å². The van der Waals surface area contributed by atoms with Gasteiger partial charge in [0.05, 0.1) is 12.6 Å². The van der Waals surface area contributed by atoms with Gasteiger partial charge in [-0.2, -0.15) is 0 Å². The van der Waals surface area contributed by atoms with Gasteiger partial charge in [0, 0.05) is 44.7 Å². The highest BCUT2D eigenvalue weighted by atomic mass is 16.4. The molecule has 3 fully saturated rings. The van der Waals surface area contributed by atoms with Crippen molar-refractivity contribution in [3.63, 3.8) is 0 Å². The van der Waals surface area contributed by atoms with Crippen LogP contribution in [0, 0.1) is 0 Å². The Bertz CT molecular complexity index is 700. The van der Waals surface area contributed by atoms with Crippen LogP contribution in [0.25, 0.3) is 0 Å². The normalized spacial score (nSPS) is 27.8. The number of nitrogens with zero attached hydrogens (tertiary/aromatic N) is 2. The topological polar surface area (TPSA) is 98.1 Å². The molecule has 0 saturated carbocycles. The van der Waals surface area contributed by atoms with E-state index >= 15 is 0 Å². The number of carbonyl (C=O) groups is 2. The first-order chi connectivity index (χ1) is 13.6. The zero-order valence-corrected chi connectivity index (χ0v) is 16.2. The molecule has 0 bridgehead atoms. The first-order valence-electron chi connectivity index (χ1n) is 10.4. The summed E-state index contributed by atoms with van der Waals surface area (Å²) in [6.45, 7) is 3.68. The maximum atomic E-state index is 12.4. The highest BCUT2D eigenvalue weighted by Crippen LogP contribution is 2.26. The summed E-state index contributed by atoms with van der Waals surface area (Å²) in [6.07, 6.45) is 4.33. The maximum absolute atomic E-state index is 12.4. The molecule has 2 amide bonds. The Balaban J connectivity index is 1.30. The average molecular weight is 390 g/mol. The highest BCUT2D eigenvalue weighted by Gasteiger charge is 2.43. The Labute approximate surface area is 165 Å². The number of amides is 2. The van der Waals surface area contributed by atoms with Crippen LogP contribution in [0.5, 0.6) is 0 Å². The van der Waals surface area contributed by atoms with Crippen LogP contribution in [0.2, 0.25) is 0 Å². The van der Waals surface area contributed by atoms with E-state index in [2.05, 4.69) is 15.5 Å². The van der Waals surface area contributed by atoms with E-state index in [1.165, 1.54) is 0 Å². The van der Waals surface area contributed by atoms with E-state index in [1.807, 2.05) is 11.0 Å². The Hall–Kier alpha value is -1.90. The lowest BCUT2D eigenvalue weighted by molar-refractivity contribution is -0.131. The molecule has 4 heterocycles. The summed E-state index contributed by atoms with van der Waals surface area (Å²) < 4.78 is 5.52. The number of aliphatic hydroxyl groups excluding tert-OH is 1. The van der Waals surface area contributed by atoms with Crippen LogP contribution >= 0.6 is 0 Å². The fraction of sp³-hybridized carbons (Fsp3) is 0.700. The molecule has 0 aromatic carbocycles. The number of carbonyl (C=O) groups excluding carboxylic acids is 2. The highest BCUT2D eigenvalue weighted by molar-refractivity contribution is 5.83. The van der Waals surface area contributed by atoms with Crippen molar-refractivity contribution < 1.29 is 19.1 Å². The predicted molar refractivity (Wildman–Crippen MR) is 102 cm³/mol. The lowest BCUT2D eigenvalue weighted by atomic mass is 10.0. The zero-order chi connectivity index (χ0) is 19.5. The van der Waals surface area contributed by atoms with Gasteiger partial charge in [-0.25, -0.2) is 0 Å². The molecule has 4 rings (SSSR count). The molecule has 0 spiro atoms. The summed E-state index contributed by atoms with van der Waals surface area (Å²) in [5, 5.41) is 15.6. The van der Waals surface area contributed by atoms with E-state index in [0.29, 0.717) is 25.3 Å². The van der Waals surface area contributed by atoms with Gasteiger partial charge in [-0.15, -0.1) is 0 Å². The van der Waals surface area contributed by atoms with Gasteiger partial charge >= 0.3 is 0 Å². The summed E-state index contributed by atoms with van der Waals surface area (Å²) >= 11 is 0. The molecular weight excluding hydrogens is 360 g/mol. The van der Waals surface area contributed by atoms with Crippen LogP contribution in [0.3, 0.4) is 0 Å². The monoisotopic (exact) mass is 390 g/mol. The van der Waals surface area contributed by atoms with Gasteiger partial charge in [0.25, 0.3) is 0 Å². The summed E-state index contributed by atoms with van der Waals surface area (Å²) in [4.78, 5) is 28.9. The smallest absolute Gasteiger partial charge is 0.237 e. The Morgan fingerprint density at radius 1 is 1.29 bits per heavy atom. The van der Waals surface area contributed by atoms with Crippen molar-refractivity contribution in [2.75, 3.05) is 26.2 Å². The Morgan fingerprint density at radius 3 is 2.82 bits per heavy atom. The van der Waals surface area contributed by atoms with Crippen LogP contribution in [0.1, 0.15) is 43.6 Å². The minimum absolute atomic E-state index is 0.0898. The molecule has 8 heteroatoms. The number of rotatable bonds is 7. The first-order valence-corrected chi connectivity index (χ1v) is 10.4. The molecule has 0 radical (unpaired) electrons. The van der Waals surface area contributed by atoms with Gasteiger partial charge in [-0.05, 0) is 37.8 Å². The molecule has 3 unspecified atom stereocenters. The largest absolute Gasteiger partial charge is 0.462 e. The Morgan fingerprint density at radius 2 is 2.07 bits per heavy atom. The second-order valence-corrected chi connectivity index (χ2v) is 8.08. The van der Waals surface area contributed by atoms with Crippen molar-refractivity contribution in [3.8, 4) is 0 Å². The van der Waals surface area contributed by atoms with Crippen molar-refractivity contribution in [3.05, 3.63) is 23.7 Å². The van der Waals surface area contributed by atoms with Crippen molar-refractivity contribution in [1.82, 2.24) is 20.4 Å². The summed E-state index contributed by atoms with van der Waals surface area (Å²) in [6, 6.07) is 3.93. The fourth-order valence-electron chi connectivity index (χ4n) is 4.65. The van der Waals surface area contributed by atoms with Gasteiger partial charge in [0.1, 0.15) is 18.1 Å². The minimum atomic E-state index is -0.122. The molecule has 3 N–H and O–H groups in total. The number of hydrogen-bond acceptors (Lipinski definition) is 6. The van der Waals surface area contributed by atoms with E-state index in [0.717, 1.165) is 51.1 Å². The third-order valence-corrected chi connectivity index (χ3v) is 6.21. The maximum Gasteiger partial charge on any atom is 0.237 e. The van der Waals surface area contributed by atoms with Gasteiger partial charge in [0.2, 0.25) is 11.8 Å². The van der Waals surface area contributed by atoms with Crippen LogP contribution in [0.4, 0.5) is 0 Å². The molecule has 1 aromatic heterocycles. The van der Waals surface area contributed by atoms with E-state index in [1.54, 1.807) is 6.07 Å². The average Bonchev–Trinajstić information content (AvgIpc) is 3.46. The molecule has 0 aliphatic carbocycles. The molecule has 1 aromatic rings. The number of fused-ring (bicyclic) bond motifs is 1. The molecule has 3 saturated heterocycles. The molecule has 8 nitrogen and oxygen atoms in total. The van der Waals surface area contributed by atoms with Crippen molar-refractivity contribution in [1.29, 1.82) is 0 Å². The van der Waals surface area contributed by atoms with Crippen LogP contribution in [-0.4, -0.2) is 71.0 Å². The second-order valence-electron chi connectivity index (χ2n) is 8.08.